The highest BCUT2D eigenvalue weighted by molar-refractivity contribution is 5.51. The maximum Gasteiger partial charge on any atom is 0.161 e. The van der Waals surface area contributed by atoms with Crippen molar-refractivity contribution in [2.45, 2.75) is 18.9 Å². The number of hydrogen-bond donors (Lipinski definition) is 0. The molecule has 2 aromatic rings. The molecular weight excluding hydrogens is 264 g/mol. The molecule has 1 aliphatic rings. The molecule has 0 radical (unpaired) electrons. The van der Waals surface area contributed by atoms with Gasteiger partial charge in [0.2, 0.25) is 0 Å². The SMILES string of the molecule is COc1cc2c(cc1OC)C(c1ccccc1)OCC2C. The molecule has 1 aliphatic heterocycles. The Morgan fingerprint density at radius 3 is 2.19 bits per heavy atom. The molecule has 110 valence electrons. The van der Waals surface area contributed by atoms with E-state index in [2.05, 4.69) is 25.1 Å². The van der Waals surface area contributed by atoms with Crippen LogP contribution in [0.3, 0.4) is 0 Å². The molecular formula is C18H20O3. The fraction of sp³-hybridized carbons (Fsp3) is 0.333. The Morgan fingerprint density at radius 1 is 0.952 bits per heavy atom. The van der Waals surface area contributed by atoms with Crippen molar-refractivity contribution >= 4 is 0 Å². The van der Waals surface area contributed by atoms with Gasteiger partial charge in [0.1, 0.15) is 6.10 Å². The lowest BCUT2D eigenvalue weighted by Crippen LogP contribution is -2.20. The summed E-state index contributed by atoms with van der Waals surface area (Å²) in [5.74, 6) is 1.87. The van der Waals surface area contributed by atoms with Gasteiger partial charge in [-0.15, -0.1) is 0 Å². The van der Waals surface area contributed by atoms with Gasteiger partial charge in [-0.2, -0.15) is 0 Å². The number of fused-ring (bicyclic) bond motifs is 1. The quantitative estimate of drug-likeness (QED) is 0.854. The average Bonchev–Trinajstić information content (AvgIpc) is 2.55. The Morgan fingerprint density at radius 2 is 1.57 bits per heavy atom. The average molecular weight is 284 g/mol. The van der Waals surface area contributed by atoms with Gasteiger partial charge in [-0.25, -0.2) is 0 Å². The van der Waals surface area contributed by atoms with Crippen LogP contribution < -0.4 is 9.47 Å². The highest BCUT2D eigenvalue weighted by atomic mass is 16.5. The Balaban J connectivity index is 2.12. The molecule has 2 atom stereocenters. The zero-order chi connectivity index (χ0) is 14.8. The standard InChI is InChI=1S/C18H20O3/c1-12-11-21-18(13-7-5-4-6-8-13)15-10-17(20-3)16(19-2)9-14(12)15/h4-10,12,18H,11H2,1-3H3. The van der Waals surface area contributed by atoms with E-state index in [1.807, 2.05) is 24.3 Å². The fourth-order valence-corrected chi connectivity index (χ4v) is 2.89. The minimum atomic E-state index is -0.0443. The molecule has 3 rings (SSSR count). The van der Waals surface area contributed by atoms with Crippen molar-refractivity contribution in [2.75, 3.05) is 20.8 Å². The second-order valence-corrected chi connectivity index (χ2v) is 5.36. The summed E-state index contributed by atoms with van der Waals surface area (Å²) in [6.07, 6.45) is -0.0443. The molecule has 0 N–H and O–H groups in total. The summed E-state index contributed by atoms with van der Waals surface area (Å²) in [4.78, 5) is 0. The van der Waals surface area contributed by atoms with Gasteiger partial charge in [-0.3, -0.25) is 0 Å². The van der Waals surface area contributed by atoms with Crippen LogP contribution in [-0.2, 0) is 4.74 Å². The van der Waals surface area contributed by atoms with Crippen LogP contribution in [0.1, 0.15) is 35.6 Å². The van der Waals surface area contributed by atoms with E-state index in [4.69, 9.17) is 14.2 Å². The van der Waals surface area contributed by atoms with E-state index >= 15 is 0 Å². The predicted octanol–water partition coefficient (Wildman–Crippen LogP) is 3.93. The third-order valence-corrected chi connectivity index (χ3v) is 4.02. The largest absolute Gasteiger partial charge is 0.493 e. The van der Waals surface area contributed by atoms with Crippen molar-refractivity contribution in [1.82, 2.24) is 0 Å². The summed E-state index contributed by atoms with van der Waals surface area (Å²) in [6, 6.07) is 14.4. The van der Waals surface area contributed by atoms with Crippen LogP contribution in [0.2, 0.25) is 0 Å². The van der Waals surface area contributed by atoms with Gasteiger partial charge in [0.15, 0.2) is 11.5 Å². The molecule has 0 spiro atoms. The molecule has 0 fully saturated rings. The third kappa shape index (κ3) is 2.49. The molecule has 3 nitrogen and oxygen atoms in total. The van der Waals surface area contributed by atoms with Crippen molar-refractivity contribution in [3.63, 3.8) is 0 Å². The molecule has 0 aliphatic carbocycles. The minimum absolute atomic E-state index is 0.0443. The van der Waals surface area contributed by atoms with Gasteiger partial charge < -0.3 is 14.2 Å². The first-order valence-corrected chi connectivity index (χ1v) is 7.17. The van der Waals surface area contributed by atoms with Gasteiger partial charge in [-0.05, 0) is 28.8 Å². The number of benzene rings is 2. The van der Waals surface area contributed by atoms with Gasteiger partial charge in [0.05, 0.1) is 20.8 Å². The number of methoxy groups -OCH3 is 2. The first-order valence-electron chi connectivity index (χ1n) is 7.17. The summed E-state index contributed by atoms with van der Waals surface area (Å²) in [5, 5.41) is 0. The van der Waals surface area contributed by atoms with E-state index in [9.17, 15) is 0 Å². The summed E-state index contributed by atoms with van der Waals surface area (Å²) < 4.78 is 16.9. The maximum atomic E-state index is 6.08. The molecule has 0 aromatic heterocycles. The zero-order valence-corrected chi connectivity index (χ0v) is 12.6. The Kier molecular flexibility index (Phi) is 3.84. The summed E-state index contributed by atoms with van der Waals surface area (Å²) in [5.41, 5.74) is 3.60. The van der Waals surface area contributed by atoms with Crippen molar-refractivity contribution < 1.29 is 14.2 Å². The van der Waals surface area contributed by atoms with Crippen molar-refractivity contribution in [1.29, 1.82) is 0 Å². The van der Waals surface area contributed by atoms with Gasteiger partial charge >= 0.3 is 0 Å². The highest BCUT2D eigenvalue weighted by Gasteiger charge is 2.28. The van der Waals surface area contributed by atoms with Crippen LogP contribution in [-0.4, -0.2) is 20.8 Å². The zero-order valence-electron chi connectivity index (χ0n) is 12.6. The maximum absolute atomic E-state index is 6.08. The predicted molar refractivity (Wildman–Crippen MR) is 82.2 cm³/mol. The molecule has 1 heterocycles. The summed E-state index contributed by atoms with van der Waals surface area (Å²) >= 11 is 0. The molecule has 3 heteroatoms. The van der Waals surface area contributed by atoms with E-state index in [1.165, 1.54) is 5.56 Å². The topological polar surface area (TPSA) is 27.7 Å². The van der Waals surface area contributed by atoms with Crippen molar-refractivity contribution in [3.05, 3.63) is 59.2 Å². The van der Waals surface area contributed by atoms with Crippen LogP contribution in [0.15, 0.2) is 42.5 Å². The van der Waals surface area contributed by atoms with Crippen LogP contribution >= 0.6 is 0 Å². The summed E-state index contributed by atoms with van der Waals surface area (Å²) in [6.45, 7) is 2.88. The molecule has 2 aromatic carbocycles. The number of hydrogen-bond acceptors (Lipinski definition) is 3. The van der Waals surface area contributed by atoms with E-state index < -0.39 is 0 Å². The van der Waals surface area contributed by atoms with Crippen LogP contribution in [0.4, 0.5) is 0 Å². The molecule has 2 unspecified atom stereocenters. The van der Waals surface area contributed by atoms with Crippen LogP contribution in [0, 0.1) is 0 Å². The van der Waals surface area contributed by atoms with E-state index in [1.54, 1.807) is 14.2 Å². The van der Waals surface area contributed by atoms with E-state index in [0.29, 0.717) is 12.5 Å². The van der Waals surface area contributed by atoms with E-state index in [-0.39, 0.29) is 6.10 Å². The lowest BCUT2D eigenvalue weighted by atomic mass is 9.87. The summed E-state index contributed by atoms with van der Waals surface area (Å²) in [7, 11) is 3.33. The smallest absolute Gasteiger partial charge is 0.161 e. The highest BCUT2D eigenvalue weighted by Crippen LogP contribution is 2.42. The monoisotopic (exact) mass is 284 g/mol. The van der Waals surface area contributed by atoms with E-state index in [0.717, 1.165) is 22.6 Å². The molecule has 0 saturated heterocycles. The van der Waals surface area contributed by atoms with Crippen LogP contribution in [0.25, 0.3) is 0 Å². The first kappa shape index (κ1) is 14.0. The van der Waals surface area contributed by atoms with Gasteiger partial charge in [0, 0.05) is 5.92 Å². The second-order valence-electron chi connectivity index (χ2n) is 5.36. The lowest BCUT2D eigenvalue weighted by molar-refractivity contribution is 0.0562. The minimum Gasteiger partial charge on any atom is -0.493 e. The molecule has 21 heavy (non-hydrogen) atoms. The Bertz CT molecular complexity index is 622. The Labute approximate surface area is 125 Å². The van der Waals surface area contributed by atoms with Crippen molar-refractivity contribution in [3.8, 4) is 11.5 Å². The molecule has 0 saturated carbocycles. The third-order valence-electron chi connectivity index (χ3n) is 4.02. The fourth-order valence-electron chi connectivity index (χ4n) is 2.89. The number of rotatable bonds is 3. The first-order chi connectivity index (χ1) is 10.2. The second kappa shape index (κ2) is 5.78. The number of ether oxygens (including phenoxy) is 3. The lowest BCUT2D eigenvalue weighted by Gasteiger charge is -2.31. The van der Waals surface area contributed by atoms with Gasteiger partial charge in [-0.1, -0.05) is 37.3 Å². The van der Waals surface area contributed by atoms with Crippen LogP contribution in [0.5, 0.6) is 11.5 Å². The molecule has 0 amide bonds. The normalized spacial score (nSPS) is 20.7. The van der Waals surface area contributed by atoms with Crippen molar-refractivity contribution in [2.24, 2.45) is 0 Å². The molecule has 0 bridgehead atoms. The van der Waals surface area contributed by atoms with Gasteiger partial charge in [0.25, 0.3) is 0 Å². The Hall–Kier alpha value is -2.00.